The molecule has 146 valence electrons. The Labute approximate surface area is 168 Å². The molecule has 27 heavy (non-hydrogen) atoms. The van der Waals surface area contributed by atoms with E-state index in [1.807, 2.05) is 19.1 Å². The minimum atomic E-state index is -3.77. The van der Waals surface area contributed by atoms with E-state index in [1.54, 1.807) is 19.1 Å². The van der Waals surface area contributed by atoms with Crippen molar-refractivity contribution >= 4 is 32.0 Å². The van der Waals surface area contributed by atoms with Crippen molar-refractivity contribution in [3.05, 3.63) is 64.1 Å². The molecule has 6 nitrogen and oxygen atoms in total. The topological polar surface area (TPSA) is 101 Å². The molecule has 0 heterocycles. The van der Waals surface area contributed by atoms with Gasteiger partial charge in [-0.3, -0.25) is 0 Å². The van der Waals surface area contributed by atoms with E-state index in [2.05, 4.69) is 38.7 Å². The van der Waals surface area contributed by atoms with Crippen molar-refractivity contribution in [2.45, 2.75) is 43.7 Å². The van der Waals surface area contributed by atoms with Crippen molar-refractivity contribution in [1.29, 1.82) is 0 Å². The number of sulfonamides is 1. The Kier molecular flexibility index (Phi) is 7.41. The molecule has 0 radical (unpaired) electrons. The molecular weight excluding hydrogens is 430 g/mol. The zero-order valence-corrected chi connectivity index (χ0v) is 17.7. The number of hydrogen-bond donors (Lipinski definition) is 3. The maximum absolute atomic E-state index is 12.2. The molecule has 0 saturated carbocycles. The van der Waals surface area contributed by atoms with E-state index in [1.165, 1.54) is 17.7 Å². The molecule has 2 aromatic rings. The van der Waals surface area contributed by atoms with Crippen molar-refractivity contribution in [3.63, 3.8) is 0 Å². The van der Waals surface area contributed by atoms with Crippen LogP contribution in [0.15, 0.2) is 57.9 Å². The molecule has 0 bridgehead atoms. The number of nitrogens with one attached hydrogen (secondary N) is 2. The fraction of sp³-hybridized carbons (Fsp3) is 0.316. The average Bonchev–Trinajstić information content (AvgIpc) is 2.60. The fourth-order valence-corrected chi connectivity index (χ4v) is 3.45. The lowest BCUT2D eigenvalue weighted by molar-refractivity contribution is 0.234. The van der Waals surface area contributed by atoms with E-state index < -0.39 is 10.0 Å². The Bertz CT molecular complexity index is 885. The third kappa shape index (κ3) is 6.97. The number of primary sulfonamides is 1. The van der Waals surface area contributed by atoms with Crippen LogP contribution in [0.1, 0.15) is 37.4 Å². The molecule has 8 heteroatoms. The van der Waals surface area contributed by atoms with E-state index in [0.717, 1.165) is 17.3 Å². The maximum Gasteiger partial charge on any atom is 0.315 e. The molecule has 0 spiro atoms. The molecule has 2 aromatic carbocycles. The Hall–Kier alpha value is -1.90. The number of nitrogens with two attached hydrogens (primary N) is 1. The van der Waals surface area contributed by atoms with Crippen LogP contribution in [0.3, 0.4) is 0 Å². The number of amides is 2. The van der Waals surface area contributed by atoms with Gasteiger partial charge in [0.1, 0.15) is 0 Å². The van der Waals surface area contributed by atoms with Crippen molar-refractivity contribution in [3.8, 4) is 0 Å². The number of rotatable bonds is 7. The van der Waals surface area contributed by atoms with Crippen LogP contribution in [0.2, 0.25) is 0 Å². The van der Waals surface area contributed by atoms with Gasteiger partial charge in [0.05, 0.1) is 10.9 Å². The summed E-state index contributed by atoms with van der Waals surface area (Å²) in [6.45, 7) is 3.74. The second-order valence-electron chi connectivity index (χ2n) is 6.52. The van der Waals surface area contributed by atoms with Crippen molar-refractivity contribution < 1.29 is 13.2 Å². The maximum atomic E-state index is 12.2. The number of benzene rings is 2. The summed E-state index contributed by atoms with van der Waals surface area (Å²) in [6, 6.07) is 13.7. The van der Waals surface area contributed by atoms with E-state index >= 15 is 0 Å². The molecule has 2 amide bonds. The molecule has 0 aromatic heterocycles. The molecule has 0 aliphatic rings. The number of halogens is 1. The highest BCUT2D eigenvalue weighted by Crippen LogP contribution is 2.17. The average molecular weight is 454 g/mol. The molecule has 0 saturated heterocycles. The lowest BCUT2D eigenvalue weighted by Gasteiger charge is -2.19. The normalized spacial score (nSPS) is 13.6. The number of carbonyl (C=O) groups is 1. The lowest BCUT2D eigenvalue weighted by atomic mass is 10.1. The van der Waals surface area contributed by atoms with Gasteiger partial charge in [0, 0.05) is 10.5 Å². The Morgan fingerprint density at radius 1 is 1.11 bits per heavy atom. The summed E-state index contributed by atoms with van der Waals surface area (Å²) in [7, 11) is -3.77. The Balaban J connectivity index is 1.86. The van der Waals surface area contributed by atoms with Gasteiger partial charge in [0.15, 0.2) is 0 Å². The minimum Gasteiger partial charge on any atom is -0.336 e. The van der Waals surface area contributed by atoms with Crippen LogP contribution in [0.5, 0.6) is 0 Å². The third-order valence-electron chi connectivity index (χ3n) is 4.19. The highest BCUT2D eigenvalue weighted by molar-refractivity contribution is 9.10. The zero-order chi connectivity index (χ0) is 20.0. The Morgan fingerprint density at radius 3 is 2.41 bits per heavy atom. The zero-order valence-electron chi connectivity index (χ0n) is 15.3. The third-order valence-corrected chi connectivity index (χ3v) is 5.63. The summed E-state index contributed by atoms with van der Waals surface area (Å²) in [5.41, 5.74) is 1.87. The van der Waals surface area contributed by atoms with Gasteiger partial charge in [0.25, 0.3) is 0 Å². The van der Waals surface area contributed by atoms with Gasteiger partial charge in [0.2, 0.25) is 10.0 Å². The first-order valence-corrected chi connectivity index (χ1v) is 10.9. The van der Waals surface area contributed by atoms with E-state index in [-0.39, 0.29) is 23.0 Å². The molecule has 0 aliphatic heterocycles. The monoisotopic (exact) mass is 453 g/mol. The van der Waals surface area contributed by atoms with Gasteiger partial charge in [-0.05, 0) is 62.1 Å². The highest BCUT2D eigenvalue weighted by atomic mass is 79.9. The van der Waals surface area contributed by atoms with Crippen LogP contribution in [-0.2, 0) is 16.4 Å². The number of hydrogen-bond acceptors (Lipinski definition) is 3. The standard InChI is InChI=1S/C19H24BrN3O3S/c1-13(6-7-15-8-10-17(20)11-9-15)22-19(24)23-14(2)16-4-3-5-18(12-16)27(21,25)26/h3-5,8-14H,6-7H2,1-2H3,(H2,21,25,26)(H2,22,23,24). The molecular formula is C19H24BrN3O3S. The van der Waals surface area contributed by atoms with Crippen molar-refractivity contribution in [2.75, 3.05) is 0 Å². The largest absolute Gasteiger partial charge is 0.336 e. The first-order valence-electron chi connectivity index (χ1n) is 8.59. The molecule has 0 fully saturated rings. The second kappa shape index (κ2) is 9.34. The smallest absolute Gasteiger partial charge is 0.315 e. The number of aryl methyl sites for hydroxylation is 1. The van der Waals surface area contributed by atoms with Crippen LogP contribution in [-0.4, -0.2) is 20.5 Å². The van der Waals surface area contributed by atoms with Crippen LogP contribution in [0, 0.1) is 0 Å². The van der Waals surface area contributed by atoms with Gasteiger partial charge < -0.3 is 10.6 Å². The molecule has 2 rings (SSSR count). The summed E-state index contributed by atoms with van der Waals surface area (Å²) in [5.74, 6) is 0. The summed E-state index contributed by atoms with van der Waals surface area (Å²) >= 11 is 3.41. The van der Waals surface area contributed by atoms with Gasteiger partial charge in [-0.2, -0.15) is 0 Å². The van der Waals surface area contributed by atoms with Crippen LogP contribution >= 0.6 is 15.9 Å². The molecule has 0 aliphatic carbocycles. The van der Waals surface area contributed by atoms with E-state index in [9.17, 15) is 13.2 Å². The number of urea groups is 1. The Morgan fingerprint density at radius 2 is 1.78 bits per heavy atom. The quantitative estimate of drug-likeness (QED) is 0.597. The van der Waals surface area contributed by atoms with E-state index in [4.69, 9.17) is 5.14 Å². The summed E-state index contributed by atoms with van der Waals surface area (Å²) in [6.07, 6.45) is 1.67. The molecule has 4 N–H and O–H groups in total. The van der Waals surface area contributed by atoms with Crippen molar-refractivity contribution in [1.82, 2.24) is 10.6 Å². The predicted molar refractivity (Wildman–Crippen MR) is 110 cm³/mol. The minimum absolute atomic E-state index is 0.00315. The first-order chi connectivity index (χ1) is 12.6. The summed E-state index contributed by atoms with van der Waals surface area (Å²) < 4.78 is 24.0. The van der Waals surface area contributed by atoms with Crippen LogP contribution < -0.4 is 15.8 Å². The van der Waals surface area contributed by atoms with Gasteiger partial charge in [-0.15, -0.1) is 0 Å². The summed E-state index contributed by atoms with van der Waals surface area (Å²) in [5, 5.41) is 10.9. The highest BCUT2D eigenvalue weighted by Gasteiger charge is 2.14. The van der Waals surface area contributed by atoms with E-state index in [0.29, 0.717) is 5.56 Å². The van der Waals surface area contributed by atoms with Crippen LogP contribution in [0.4, 0.5) is 4.79 Å². The molecule has 2 unspecified atom stereocenters. The van der Waals surface area contributed by atoms with Gasteiger partial charge in [-0.1, -0.05) is 40.2 Å². The SMILES string of the molecule is CC(CCc1ccc(Br)cc1)NC(=O)NC(C)c1cccc(S(N)(=O)=O)c1. The van der Waals surface area contributed by atoms with Crippen LogP contribution in [0.25, 0.3) is 0 Å². The predicted octanol–water partition coefficient (Wildman–Crippen LogP) is 3.48. The lowest BCUT2D eigenvalue weighted by Crippen LogP contribution is -2.42. The molecule has 2 atom stereocenters. The van der Waals surface area contributed by atoms with Crippen molar-refractivity contribution in [2.24, 2.45) is 5.14 Å². The summed E-state index contributed by atoms with van der Waals surface area (Å²) in [4.78, 5) is 12.2. The second-order valence-corrected chi connectivity index (χ2v) is 9.00. The fourth-order valence-electron chi connectivity index (χ4n) is 2.61. The van der Waals surface area contributed by atoms with Gasteiger partial charge in [-0.25, -0.2) is 18.4 Å². The first kappa shape index (κ1) is 21.4. The number of carbonyl (C=O) groups excluding carboxylic acids is 1. The van der Waals surface area contributed by atoms with Gasteiger partial charge >= 0.3 is 6.03 Å².